The molecule has 18 heavy (non-hydrogen) atoms. The van der Waals surface area contributed by atoms with Gasteiger partial charge in [0.05, 0.1) is 28.6 Å². The molecular formula is C9H7IN2O6. The lowest BCUT2D eigenvalue weighted by atomic mass is 10.1. The molecule has 1 rings (SSSR count). The average molecular weight is 366 g/mol. The van der Waals surface area contributed by atoms with Crippen molar-refractivity contribution in [2.75, 3.05) is 7.11 Å². The molecule has 0 aliphatic rings. The number of alkyl halides is 1. The zero-order valence-electron chi connectivity index (χ0n) is 9.03. The van der Waals surface area contributed by atoms with Gasteiger partial charge in [-0.15, -0.1) is 0 Å². The zero-order valence-corrected chi connectivity index (χ0v) is 11.2. The summed E-state index contributed by atoms with van der Waals surface area (Å²) >= 11 is 1.67. The second kappa shape index (κ2) is 5.71. The fourth-order valence-corrected chi connectivity index (χ4v) is 2.03. The van der Waals surface area contributed by atoms with E-state index in [-0.39, 0.29) is 5.56 Å². The Kier molecular flexibility index (Phi) is 4.53. The maximum Gasteiger partial charge on any atom is 0.323 e. The Labute approximate surface area is 114 Å². The highest BCUT2D eigenvalue weighted by Gasteiger charge is 2.28. The molecule has 0 spiro atoms. The van der Waals surface area contributed by atoms with E-state index in [4.69, 9.17) is 0 Å². The highest BCUT2D eigenvalue weighted by Crippen LogP contribution is 2.34. The number of nitrogens with zero attached hydrogens (tertiary/aromatic N) is 2. The van der Waals surface area contributed by atoms with Crippen molar-refractivity contribution in [3.8, 4) is 0 Å². The molecule has 9 heteroatoms. The number of carbonyl (C=O) groups excluding carboxylic acids is 1. The van der Waals surface area contributed by atoms with Crippen molar-refractivity contribution in [3.05, 3.63) is 44.0 Å². The van der Waals surface area contributed by atoms with Crippen molar-refractivity contribution in [2.24, 2.45) is 0 Å². The Hall–Kier alpha value is -1.78. The molecule has 0 N–H and O–H groups in total. The van der Waals surface area contributed by atoms with Crippen LogP contribution in [0.4, 0.5) is 11.4 Å². The Morgan fingerprint density at radius 1 is 1.33 bits per heavy atom. The molecule has 1 aromatic carbocycles. The summed E-state index contributed by atoms with van der Waals surface area (Å²) in [6.45, 7) is 0. The summed E-state index contributed by atoms with van der Waals surface area (Å²) in [5.74, 6) is -0.660. The van der Waals surface area contributed by atoms with E-state index in [0.29, 0.717) is 0 Å². The molecule has 0 aliphatic heterocycles. The Balaban J connectivity index is 3.32. The van der Waals surface area contributed by atoms with E-state index < -0.39 is 31.1 Å². The Morgan fingerprint density at radius 2 is 1.94 bits per heavy atom. The van der Waals surface area contributed by atoms with Crippen LogP contribution in [0.3, 0.4) is 0 Å². The Bertz CT molecular complexity index is 518. The van der Waals surface area contributed by atoms with Crippen molar-refractivity contribution in [3.63, 3.8) is 0 Å². The van der Waals surface area contributed by atoms with Crippen LogP contribution in [0, 0.1) is 20.2 Å². The van der Waals surface area contributed by atoms with E-state index in [9.17, 15) is 25.0 Å². The van der Waals surface area contributed by atoms with Gasteiger partial charge in [-0.2, -0.15) is 0 Å². The van der Waals surface area contributed by atoms with Gasteiger partial charge < -0.3 is 4.74 Å². The molecule has 1 unspecified atom stereocenters. The number of rotatable bonds is 4. The van der Waals surface area contributed by atoms with Crippen molar-refractivity contribution in [1.29, 1.82) is 0 Å². The third-order valence-corrected chi connectivity index (χ3v) is 3.28. The van der Waals surface area contributed by atoms with Gasteiger partial charge in [-0.25, -0.2) is 0 Å². The zero-order chi connectivity index (χ0) is 13.9. The first kappa shape index (κ1) is 14.3. The van der Waals surface area contributed by atoms with Gasteiger partial charge in [0.1, 0.15) is 3.92 Å². The van der Waals surface area contributed by atoms with Crippen LogP contribution >= 0.6 is 22.6 Å². The second-order valence-corrected chi connectivity index (χ2v) is 4.39. The van der Waals surface area contributed by atoms with E-state index in [1.165, 1.54) is 6.07 Å². The van der Waals surface area contributed by atoms with Gasteiger partial charge in [-0.3, -0.25) is 25.0 Å². The predicted octanol–water partition coefficient (Wildman–Crippen LogP) is 2.15. The minimum Gasteiger partial charge on any atom is -0.468 e. The van der Waals surface area contributed by atoms with E-state index in [1.54, 1.807) is 22.6 Å². The van der Waals surface area contributed by atoms with Crippen LogP contribution in [0.2, 0.25) is 0 Å². The summed E-state index contributed by atoms with van der Waals surface area (Å²) < 4.78 is 3.58. The van der Waals surface area contributed by atoms with Gasteiger partial charge in [0, 0.05) is 6.07 Å². The number of halogens is 1. The number of esters is 1. The van der Waals surface area contributed by atoms with E-state index in [2.05, 4.69) is 4.74 Å². The van der Waals surface area contributed by atoms with Crippen LogP contribution in [0.15, 0.2) is 18.2 Å². The molecule has 0 heterocycles. The molecule has 1 atom stereocenters. The summed E-state index contributed by atoms with van der Waals surface area (Å²) in [5, 5.41) is 21.4. The van der Waals surface area contributed by atoms with Crippen molar-refractivity contribution in [1.82, 2.24) is 0 Å². The fourth-order valence-electron chi connectivity index (χ4n) is 1.25. The first-order chi connectivity index (χ1) is 8.38. The van der Waals surface area contributed by atoms with Crippen LogP contribution < -0.4 is 0 Å². The lowest BCUT2D eigenvalue weighted by Crippen LogP contribution is -2.10. The van der Waals surface area contributed by atoms with E-state index >= 15 is 0 Å². The third kappa shape index (κ3) is 2.91. The number of benzene rings is 1. The lowest BCUT2D eigenvalue weighted by molar-refractivity contribution is -0.394. The SMILES string of the molecule is COC(=O)C(I)c1ccc([N+](=O)[O-])cc1[N+](=O)[O-]. The van der Waals surface area contributed by atoms with Crippen LogP contribution in [-0.2, 0) is 9.53 Å². The summed E-state index contributed by atoms with van der Waals surface area (Å²) in [7, 11) is 1.16. The van der Waals surface area contributed by atoms with Crippen LogP contribution in [-0.4, -0.2) is 22.9 Å². The number of methoxy groups -OCH3 is 1. The third-order valence-electron chi connectivity index (χ3n) is 2.10. The molecule has 96 valence electrons. The fraction of sp³-hybridized carbons (Fsp3) is 0.222. The number of hydrogen-bond acceptors (Lipinski definition) is 6. The molecule has 0 radical (unpaired) electrons. The van der Waals surface area contributed by atoms with E-state index in [0.717, 1.165) is 19.2 Å². The molecule has 0 amide bonds. The first-order valence-corrected chi connectivity index (χ1v) is 5.77. The van der Waals surface area contributed by atoms with Gasteiger partial charge >= 0.3 is 5.97 Å². The molecule has 0 aliphatic carbocycles. The molecule has 0 aromatic heterocycles. The van der Waals surface area contributed by atoms with Gasteiger partial charge in [-0.1, -0.05) is 22.6 Å². The van der Waals surface area contributed by atoms with Gasteiger partial charge in [0.2, 0.25) is 0 Å². The predicted molar refractivity (Wildman–Crippen MR) is 68.5 cm³/mol. The number of hydrogen-bond donors (Lipinski definition) is 0. The number of nitro groups is 2. The van der Waals surface area contributed by atoms with Gasteiger partial charge in [0.15, 0.2) is 0 Å². The smallest absolute Gasteiger partial charge is 0.323 e. The summed E-state index contributed by atoms with van der Waals surface area (Å²) in [5.41, 5.74) is -0.814. The number of ether oxygens (including phenoxy) is 1. The molecule has 0 saturated heterocycles. The maximum atomic E-state index is 11.3. The molecular weight excluding hydrogens is 359 g/mol. The summed E-state index contributed by atoms with van der Waals surface area (Å²) in [4.78, 5) is 31.2. The maximum absolute atomic E-state index is 11.3. The molecule has 0 saturated carbocycles. The minimum atomic E-state index is -0.895. The molecule has 8 nitrogen and oxygen atoms in total. The number of carbonyl (C=O) groups is 1. The van der Waals surface area contributed by atoms with Crippen LogP contribution in [0.25, 0.3) is 0 Å². The summed E-state index contributed by atoms with van der Waals surface area (Å²) in [6, 6.07) is 3.12. The quantitative estimate of drug-likeness (QED) is 0.265. The van der Waals surface area contributed by atoms with Gasteiger partial charge in [-0.05, 0) is 6.07 Å². The normalized spacial score (nSPS) is 11.7. The second-order valence-electron chi connectivity index (χ2n) is 3.14. The highest BCUT2D eigenvalue weighted by atomic mass is 127. The van der Waals surface area contributed by atoms with E-state index in [1.807, 2.05) is 0 Å². The summed E-state index contributed by atoms with van der Waals surface area (Å²) in [6.07, 6.45) is 0. The topological polar surface area (TPSA) is 113 Å². The monoisotopic (exact) mass is 366 g/mol. The van der Waals surface area contributed by atoms with Crippen LogP contribution in [0.1, 0.15) is 9.49 Å². The van der Waals surface area contributed by atoms with Crippen molar-refractivity contribution in [2.45, 2.75) is 3.92 Å². The molecule has 1 aromatic rings. The standard InChI is InChI=1S/C9H7IN2O6/c1-18-9(13)8(10)6-3-2-5(11(14)15)4-7(6)12(16)17/h2-4,8H,1H3. The first-order valence-electron chi connectivity index (χ1n) is 4.53. The molecule has 0 fully saturated rings. The highest BCUT2D eigenvalue weighted by molar-refractivity contribution is 14.1. The largest absolute Gasteiger partial charge is 0.468 e. The van der Waals surface area contributed by atoms with Crippen molar-refractivity contribution < 1.29 is 19.4 Å². The number of non-ortho nitro benzene ring substituents is 1. The minimum absolute atomic E-state index is 0.0676. The molecule has 0 bridgehead atoms. The van der Waals surface area contributed by atoms with Gasteiger partial charge in [0.25, 0.3) is 11.4 Å². The average Bonchev–Trinajstić information content (AvgIpc) is 2.35. The lowest BCUT2D eigenvalue weighted by Gasteiger charge is -2.08. The number of nitro benzene ring substituents is 2. The van der Waals surface area contributed by atoms with Crippen molar-refractivity contribution >= 4 is 39.9 Å². The van der Waals surface area contributed by atoms with Crippen LogP contribution in [0.5, 0.6) is 0 Å². The Morgan fingerprint density at radius 3 is 2.39 bits per heavy atom.